The number of aliphatic carboxylic acids is 1. The monoisotopic (exact) mass is 276 g/mol. The predicted molar refractivity (Wildman–Crippen MR) is 75.4 cm³/mol. The Hall–Kier alpha value is -1.91. The molecule has 0 bridgehead atoms. The summed E-state index contributed by atoms with van der Waals surface area (Å²) in [5, 5.41) is 12.0. The lowest BCUT2D eigenvalue weighted by molar-refractivity contribution is -0.147. The number of aromatic nitrogens is 1. The molecule has 1 aromatic heterocycles. The van der Waals surface area contributed by atoms with Gasteiger partial charge in [0.1, 0.15) is 5.82 Å². The van der Waals surface area contributed by atoms with E-state index in [9.17, 15) is 14.7 Å². The Kier molecular flexibility index (Phi) is 4.37. The summed E-state index contributed by atoms with van der Waals surface area (Å²) in [5.41, 5.74) is 1.85. The first-order chi connectivity index (χ1) is 9.47. The van der Waals surface area contributed by atoms with E-state index < -0.39 is 17.8 Å². The van der Waals surface area contributed by atoms with Crippen LogP contribution < -0.4 is 5.32 Å². The summed E-state index contributed by atoms with van der Waals surface area (Å²) in [5.74, 6) is -1.63. The van der Waals surface area contributed by atoms with Crippen molar-refractivity contribution in [2.24, 2.45) is 11.8 Å². The predicted octanol–water partition coefficient (Wildman–Crippen LogP) is 2.53. The number of carbonyl (C=O) groups excluding carboxylic acids is 1. The van der Waals surface area contributed by atoms with E-state index in [0.717, 1.165) is 24.1 Å². The number of nitrogens with zero attached hydrogens (tertiary/aromatic N) is 1. The van der Waals surface area contributed by atoms with Crippen molar-refractivity contribution in [2.45, 2.75) is 39.5 Å². The van der Waals surface area contributed by atoms with Crippen LogP contribution in [0, 0.1) is 25.7 Å². The standard InChI is InChI=1S/C15H20N2O3/c1-9-7-10(2)16-13(8-9)17-14(18)11-5-3-4-6-12(11)15(19)20/h7-8,11-12H,3-6H2,1-2H3,(H,19,20)(H,16,17,18)/t11-,12-/m0/s1. The summed E-state index contributed by atoms with van der Waals surface area (Å²) >= 11 is 0. The highest BCUT2D eigenvalue weighted by atomic mass is 16.4. The number of hydrogen-bond donors (Lipinski definition) is 2. The van der Waals surface area contributed by atoms with Crippen molar-refractivity contribution in [1.82, 2.24) is 4.98 Å². The fourth-order valence-electron chi connectivity index (χ4n) is 2.86. The number of rotatable bonds is 3. The van der Waals surface area contributed by atoms with Crippen LogP contribution in [-0.4, -0.2) is 22.0 Å². The highest BCUT2D eigenvalue weighted by Gasteiger charge is 2.35. The maximum atomic E-state index is 12.3. The van der Waals surface area contributed by atoms with Crippen molar-refractivity contribution in [3.8, 4) is 0 Å². The molecule has 2 rings (SSSR count). The van der Waals surface area contributed by atoms with Crippen molar-refractivity contribution in [3.05, 3.63) is 23.4 Å². The average molecular weight is 276 g/mol. The van der Waals surface area contributed by atoms with Gasteiger partial charge in [0.25, 0.3) is 0 Å². The summed E-state index contributed by atoms with van der Waals surface area (Å²) in [4.78, 5) is 27.8. The Morgan fingerprint density at radius 1 is 1.20 bits per heavy atom. The molecule has 1 aliphatic carbocycles. The number of carboxylic acids is 1. The van der Waals surface area contributed by atoms with Crippen LogP contribution in [0.3, 0.4) is 0 Å². The van der Waals surface area contributed by atoms with Gasteiger partial charge in [0.05, 0.1) is 11.8 Å². The van der Waals surface area contributed by atoms with E-state index >= 15 is 0 Å². The Labute approximate surface area is 118 Å². The van der Waals surface area contributed by atoms with Crippen LogP contribution in [-0.2, 0) is 9.59 Å². The van der Waals surface area contributed by atoms with E-state index in [0.29, 0.717) is 18.7 Å². The van der Waals surface area contributed by atoms with E-state index in [-0.39, 0.29) is 5.91 Å². The first kappa shape index (κ1) is 14.5. The number of nitrogens with one attached hydrogen (secondary N) is 1. The van der Waals surface area contributed by atoms with Crippen molar-refractivity contribution in [1.29, 1.82) is 0 Å². The molecule has 1 amide bonds. The molecule has 1 saturated carbocycles. The van der Waals surface area contributed by atoms with Gasteiger partial charge in [-0.15, -0.1) is 0 Å². The van der Waals surface area contributed by atoms with Gasteiger partial charge in [0.15, 0.2) is 0 Å². The number of carbonyl (C=O) groups is 2. The molecule has 5 nitrogen and oxygen atoms in total. The van der Waals surface area contributed by atoms with Crippen molar-refractivity contribution >= 4 is 17.7 Å². The largest absolute Gasteiger partial charge is 0.481 e. The lowest BCUT2D eigenvalue weighted by Crippen LogP contribution is -2.36. The Morgan fingerprint density at radius 2 is 1.85 bits per heavy atom. The smallest absolute Gasteiger partial charge is 0.307 e. The van der Waals surface area contributed by atoms with E-state index in [1.807, 2.05) is 19.9 Å². The third-order valence-electron chi connectivity index (χ3n) is 3.77. The van der Waals surface area contributed by atoms with Crippen LogP contribution >= 0.6 is 0 Å². The van der Waals surface area contributed by atoms with E-state index in [1.54, 1.807) is 6.07 Å². The molecule has 1 heterocycles. The lowest BCUT2D eigenvalue weighted by Gasteiger charge is -2.27. The number of amides is 1. The maximum Gasteiger partial charge on any atom is 0.307 e. The molecular formula is C15H20N2O3. The Balaban J connectivity index is 2.11. The van der Waals surface area contributed by atoms with E-state index in [2.05, 4.69) is 10.3 Å². The Morgan fingerprint density at radius 3 is 2.45 bits per heavy atom. The van der Waals surface area contributed by atoms with E-state index in [4.69, 9.17) is 0 Å². The highest BCUT2D eigenvalue weighted by Crippen LogP contribution is 2.31. The average Bonchev–Trinajstić information content (AvgIpc) is 2.37. The Bertz CT molecular complexity index is 508. The van der Waals surface area contributed by atoms with Gasteiger partial charge < -0.3 is 10.4 Å². The number of hydrogen-bond acceptors (Lipinski definition) is 3. The summed E-state index contributed by atoms with van der Waals surface area (Å²) in [6.45, 7) is 3.80. The minimum atomic E-state index is -0.877. The molecule has 0 spiro atoms. The van der Waals surface area contributed by atoms with Crippen LogP contribution in [0.25, 0.3) is 0 Å². The minimum Gasteiger partial charge on any atom is -0.481 e. The summed E-state index contributed by atoms with van der Waals surface area (Å²) in [6, 6.07) is 3.72. The third kappa shape index (κ3) is 3.35. The third-order valence-corrected chi connectivity index (χ3v) is 3.77. The molecule has 1 aromatic rings. The second-order valence-corrected chi connectivity index (χ2v) is 5.50. The van der Waals surface area contributed by atoms with Gasteiger partial charge in [-0.1, -0.05) is 12.8 Å². The van der Waals surface area contributed by atoms with Gasteiger partial charge >= 0.3 is 5.97 Å². The molecule has 0 unspecified atom stereocenters. The zero-order valence-corrected chi connectivity index (χ0v) is 11.8. The summed E-state index contributed by atoms with van der Waals surface area (Å²) < 4.78 is 0. The molecule has 2 N–H and O–H groups in total. The molecule has 1 aliphatic rings. The van der Waals surface area contributed by atoms with Crippen LogP contribution in [0.5, 0.6) is 0 Å². The molecule has 1 fully saturated rings. The van der Waals surface area contributed by atoms with Gasteiger partial charge in [0.2, 0.25) is 5.91 Å². The number of aryl methyl sites for hydroxylation is 2. The maximum absolute atomic E-state index is 12.3. The second kappa shape index (κ2) is 6.03. The van der Waals surface area contributed by atoms with Crippen molar-refractivity contribution in [3.63, 3.8) is 0 Å². The van der Waals surface area contributed by atoms with E-state index in [1.165, 1.54) is 0 Å². The van der Waals surface area contributed by atoms with Crippen LogP contribution in [0.1, 0.15) is 36.9 Å². The zero-order valence-electron chi connectivity index (χ0n) is 11.8. The van der Waals surface area contributed by atoms with Gasteiger partial charge in [-0.05, 0) is 44.4 Å². The first-order valence-corrected chi connectivity index (χ1v) is 6.96. The number of pyridine rings is 1. The first-order valence-electron chi connectivity index (χ1n) is 6.96. The van der Waals surface area contributed by atoms with Crippen LogP contribution in [0.4, 0.5) is 5.82 Å². The summed E-state index contributed by atoms with van der Waals surface area (Å²) in [7, 11) is 0. The zero-order chi connectivity index (χ0) is 14.7. The fraction of sp³-hybridized carbons (Fsp3) is 0.533. The highest BCUT2D eigenvalue weighted by molar-refractivity contribution is 5.94. The normalized spacial score (nSPS) is 22.3. The second-order valence-electron chi connectivity index (χ2n) is 5.50. The number of anilines is 1. The van der Waals surface area contributed by atoms with Gasteiger partial charge in [-0.2, -0.15) is 0 Å². The number of carboxylic acid groups (broad SMARTS) is 1. The fourth-order valence-corrected chi connectivity index (χ4v) is 2.86. The lowest BCUT2D eigenvalue weighted by atomic mass is 9.79. The molecule has 0 aromatic carbocycles. The van der Waals surface area contributed by atoms with Crippen molar-refractivity contribution in [2.75, 3.05) is 5.32 Å². The summed E-state index contributed by atoms with van der Waals surface area (Å²) in [6.07, 6.45) is 2.99. The van der Waals surface area contributed by atoms with Crippen LogP contribution in [0.15, 0.2) is 12.1 Å². The quantitative estimate of drug-likeness (QED) is 0.889. The molecule has 5 heteroatoms. The SMILES string of the molecule is Cc1cc(C)nc(NC(=O)[C@H]2CCCC[C@@H]2C(=O)O)c1. The van der Waals surface area contributed by atoms with Crippen molar-refractivity contribution < 1.29 is 14.7 Å². The van der Waals surface area contributed by atoms with Gasteiger partial charge in [-0.25, -0.2) is 4.98 Å². The molecule has 108 valence electrons. The van der Waals surface area contributed by atoms with Gasteiger partial charge in [-0.3, -0.25) is 9.59 Å². The van der Waals surface area contributed by atoms with Crippen LogP contribution in [0.2, 0.25) is 0 Å². The topological polar surface area (TPSA) is 79.3 Å². The van der Waals surface area contributed by atoms with Gasteiger partial charge in [0, 0.05) is 5.69 Å². The molecule has 2 atom stereocenters. The molecule has 20 heavy (non-hydrogen) atoms. The molecule has 0 aliphatic heterocycles. The molecular weight excluding hydrogens is 256 g/mol. The minimum absolute atomic E-state index is 0.227. The molecule has 0 saturated heterocycles. The molecule has 0 radical (unpaired) electrons.